The molecule has 0 N–H and O–H groups in total. The molecule has 1 aromatic carbocycles. The highest BCUT2D eigenvalue weighted by molar-refractivity contribution is 9.10. The minimum Gasteiger partial charge on any atom is -0.493 e. The average Bonchev–Trinajstić information content (AvgIpc) is 2.47. The molecule has 2 aromatic rings. The highest BCUT2D eigenvalue weighted by Gasteiger charge is 2.06. The first kappa shape index (κ1) is 14.6. The van der Waals surface area contributed by atoms with Gasteiger partial charge in [0.2, 0.25) is 0 Å². The Bertz CT molecular complexity index is 655. The van der Waals surface area contributed by atoms with E-state index >= 15 is 0 Å². The van der Waals surface area contributed by atoms with Crippen LogP contribution in [0.25, 0.3) is 0 Å². The minimum atomic E-state index is -0.110. The summed E-state index contributed by atoms with van der Waals surface area (Å²) in [5.74, 6) is 1.32. The number of halogens is 1. The second-order valence-corrected chi connectivity index (χ2v) is 4.93. The van der Waals surface area contributed by atoms with Crippen molar-refractivity contribution in [2.45, 2.75) is 13.5 Å². The number of methoxy groups -OCH3 is 1. The number of rotatable bonds is 5. The first-order chi connectivity index (χ1) is 9.63. The van der Waals surface area contributed by atoms with Gasteiger partial charge in [-0.15, -0.1) is 0 Å². The Hall–Kier alpha value is -1.82. The van der Waals surface area contributed by atoms with Gasteiger partial charge in [-0.2, -0.15) is 0 Å². The smallest absolute Gasteiger partial charge is 0.267 e. The highest BCUT2D eigenvalue weighted by atomic mass is 79.9. The molecule has 0 bridgehead atoms. The Morgan fingerprint density at radius 2 is 2.00 bits per heavy atom. The zero-order valence-corrected chi connectivity index (χ0v) is 12.9. The Morgan fingerprint density at radius 1 is 1.30 bits per heavy atom. The molecule has 0 spiro atoms. The first-order valence-electron chi connectivity index (χ1n) is 6.11. The SMILES string of the molecule is COc1ccccc1OCCn1cnc(C)c(Br)c1=O. The summed E-state index contributed by atoms with van der Waals surface area (Å²) < 4.78 is 12.8. The molecule has 0 fully saturated rings. The van der Waals surface area contributed by atoms with Crippen molar-refractivity contribution in [3.8, 4) is 11.5 Å². The third-order valence-electron chi connectivity index (χ3n) is 2.82. The van der Waals surface area contributed by atoms with E-state index in [1.165, 1.54) is 10.9 Å². The van der Waals surface area contributed by atoms with E-state index in [1.54, 1.807) is 14.0 Å². The third-order valence-corrected chi connectivity index (χ3v) is 3.73. The second kappa shape index (κ2) is 6.56. The van der Waals surface area contributed by atoms with Crippen LogP contribution in [0.4, 0.5) is 0 Å². The van der Waals surface area contributed by atoms with E-state index < -0.39 is 0 Å². The molecule has 0 saturated heterocycles. The maximum absolute atomic E-state index is 12.0. The summed E-state index contributed by atoms with van der Waals surface area (Å²) in [7, 11) is 1.59. The van der Waals surface area contributed by atoms with E-state index in [2.05, 4.69) is 20.9 Å². The van der Waals surface area contributed by atoms with Crippen molar-refractivity contribution < 1.29 is 9.47 Å². The number of hydrogen-bond donors (Lipinski definition) is 0. The van der Waals surface area contributed by atoms with Crippen molar-refractivity contribution >= 4 is 15.9 Å². The Balaban J connectivity index is 2.03. The molecule has 0 aliphatic heterocycles. The van der Waals surface area contributed by atoms with Gasteiger partial charge >= 0.3 is 0 Å². The first-order valence-corrected chi connectivity index (χ1v) is 6.90. The lowest BCUT2D eigenvalue weighted by Crippen LogP contribution is -2.24. The predicted octanol–water partition coefficient (Wildman–Crippen LogP) is 2.40. The molecule has 6 heteroatoms. The molecular formula is C14H15BrN2O3. The maximum Gasteiger partial charge on any atom is 0.267 e. The van der Waals surface area contributed by atoms with Crippen LogP contribution in [0.2, 0.25) is 0 Å². The highest BCUT2D eigenvalue weighted by Crippen LogP contribution is 2.25. The number of ether oxygens (including phenoxy) is 2. The zero-order valence-electron chi connectivity index (χ0n) is 11.3. The van der Waals surface area contributed by atoms with Crippen molar-refractivity contribution in [1.82, 2.24) is 9.55 Å². The molecule has 0 aliphatic carbocycles. The van der Waals surface area contributed by atoms with E-state index in [9.17, 15) is 4.79 Å². The standard InChI is InChI=1S/C14H15BrN2O3/c1-10-13(15)14(18)17(9-16-10)7-8-20-12-6-4-3-5-11(12)19-2/h3-6,9H,7-8H2,1-2H3. The van der Waals surface area contributed by atoms with Crippen molar-refractivity contribution in [2.24, 2.45) is 0 Å². The lowest BCUT2D eigenvalue weighted by molar-refractivity contribution is 0.277. The van der Waals surface area contributed by atoms with Gasteiger partial charge in [-0.25, -0.2) is 4.98 Å². The summed E-state index contributed by atoms with van der Waals surface area (Å²) in [6.07, 6.45) is 1.52. The molecule has 0 atom stereocenters. The van der Waals surface area contributed by atoms with Crippen LogP contribution in [-0.2, 0) is 6.54 Å². The fraction of sp³-hybridized carbons (Fsp3) is 0.286. The van der Waals surface area contributed by atoms with Gasteiger partial charge in [-0.05, 0) is 35.0 Å². The van der Waals surface area contributed by atoms with Gasteiger partial charge in [0, 0.05) is 0 Å². The van der Waals surface area contributed by atoms with E-state index in [1.807, 2.05) is 24.3 Å². The van der Waals surface area contributed by atoms with Gasteiger partial charge < -0.3 is 9.47 Å². The molecule has 5 nitrogen and oxygen atoms in total. The van der Waals surface area contributed by atoms with Gasteiger partial charge in [0.25, 0.3) is 5.56 Å². The fourth-order valence-corrected chi connectivity index (χ4v) is 2.03. The minimum absolute atomic E-state index is 0.110. The van der Waals surface area contributed by atoms with Crippen LogP contribution in [0.5, 0.6) is 11.5 Å². The number of aromatic nitrogens is 2. The quantitative estimate of drug-likeness (QED) is 0.839. The molecule has 1 aromatic heterocycles. The second-order valence-electron chi connectivity index (χ2n) is 4.14. The fourth-order valence-electron chi connectivity index (χ4n) is 1.70. The van der Waals surface area contributed by atoms with Gasteiger partial charge in [0.05, 0.1) is 25.7 Å². The van der Waals surface area contributed by atoms with Crippen LogP contribution in [0.1, 0.15) is 5.69 Å². The number of benzene rings is 1. The third kappa shape index (κ3) is 3.19. The summed E-state index contributed by atoms with van der Waals surface area (Å²) >= 11 is 3.23. The zero-order chi connectivity index (χ0) is 14.5. The molecule has 20 heavy (non-hydrogen) atoms. The van der Waals surface area contributed by atoms with Crippen LogP contribution < -0.4 is 15.0 Å². The summed E-state index contributed by atoms with van der Waals surface area (Å²) in [6, 6.07) is 7.39. The Labute approximate surface area is 125 Å². The monoisotopic (exact) mass is 338 g/mol. The van der Waals surface area contributed by atoms with E-state index in [-0.39, 0.29) is 5.56 Å². The largest absolute Gasteiger partial charge is 0.493 e. The molecule has 106 valence electrons. The van der Waals surface area contributed by atoms with Gasteiger partial charge in [0.15, 0.2) is 11.5 Å². The topological polar surface area (TPSA) is 53.4 Å². The van der Waals surface area contributed by atoms with Crippen LogP contribution >= 0.6 is 15.9 Å². The molecule has 2 rings (SSSR count). The number of nitrogens with zero attached hydrogens (tertiary/aromatic N) is 2. The van der Waals surface area contributed by atoms with Crippen LogP contribution in [0, 0.1) is 6.92 Å². The number of para-hydroxylation sites is 2. The predicted molar refractivity (Wildman–Crippen MR) is 79.4 cm³/mol. The summed E-state index contributed by atoms with van der Waals surface area (Å²) in [4.78, 5) is 16.1. The number of hydrogen-bond acceptors (Lipinski definition) is 4. The van der Waals surface area contributed by atoms with Crippen molar-refractivity contribution in [2.75, 3.05) is 13.7 Å². The Morgan fingerprint density at radius 3 is 2.70 bits per heavy atom. The van der Waals surface area contributed by atoms with Gasteiger partial charge in [0.1, 0.15) is 11.1 Å². The van der Waals surface area contributed by atoms with Crippen LogP contribution in [-0.4, -0.2) is 23.3 Å². The molecule has 0 aliphatic rings. The lowest BCUT2D eigenvalue weighted by Gasteiger charge is -2.11. The Kier molecular flexibility index (Phi) is 4.79. The van der Waals surface area contributed by atoms with Crippen molar-refractivity contribution in [3.05, 3.63) is 51.1 Å². The van der Waals surface area contributed by atoms with E-state index in [0.717, 1.165) is 0 Å². The van der Waals surface area contributed by atoms with Crippen LogP contribution in [0.15, 0.2) is 39.9 Å². The molecule has 0 radical (unpaired) electrons. The molecule has 1 heterocycles. The van der Waals surface area contributed by atoms with Crippen molar-refractivity contribution in [3.63, 3.8) is 0 Å². The number of aryl methyl sites for hydroxylation is 1. The molecule has 0 unspecified atom stereocenters. The van der Waals surface area contributed by atoms with Crippen LogP contribution in [0.3, 0.4) is 0 Å². The molecule has 0 amide bonds. The summed E-state index contributed by atoms with van der Waals surface area (Å²) in [5, 5.41) is 0. The molecule has 0 saturated carbocycles. The van der Waals surface area contributed by atoms with E-state index in [0.29, 0.717) is 34.8 Å². The van der Waals surface area contributed by atoms with Gasteiger partial charge in [-0.1, -0.05) is 12.1 Å². The molecular weight excluding hydrogens is 324 g/mol. The normalized spacial score (nSPS) is 10.3. The lowest BCUT2D eigenvalue weighted by atomic mass is 10.3. The van der Waals surface area contributed by atoms with Crippen molar-refractivity contribution in [1.29, 1.82) is 0 Å². The summed E-state index contributed by atoms with van der Waals surface area (Å²) in [5.41, 5.74) is 0.568. The summed E-state index contributed by atoms with van der Waals surface area (Å²) in [6.45, 7) is 2.56. The maximum atomic E-state index is 12.0. The van der Waals surface area contributed by atoms with E-state index in [4.69, 9.17) is 9.47 Å². The average molecular weight is 339 g/mol. The van der Waals surface area contributed by atoms with Gasteiger partial charge in [-0.3, -0.25) is 9.36 Å².